The molecule has 1 aromatic heterocycles. The van der Waals surface area contributed by atoms with Gasteiger partial charge in [0.25, 0.3) is 11.6 Å². The Kier molecular flexibility index (Phi) is 8.03. The zero-order valence-corrected chi connectivity index (χ0v) is 25.1. The van der Waals surface area contributed by atoms with Gasteiger partial charge in [0.2, 0.25) is 11.8 Å². The molecular weight excluding hydrogens is 624 g/mol. The molecule has 2 unspecified atom stereocenters. The van der Waals surface area contributed by atoms with Gasteiger partial charge in [-0.25, -0.2) is 4.90 Å². The Morgan fingerprint density at radius 1 is 1.02 bits per heavy atom. The number of nitrogens with one attached hydrogen (secondary N) is 2. The molecule has 230 valence electrons. The number of fused-ring (bicyclic) bond motifs is 2. The standard InChI is InChI=1S/C30H24N4O9S2/c1-2-42-21-13-15(3-12-20(21)43-14-22(36)31-16-4-10-19(35)11-5-16)23-24-26(44-27-25(23)45-30(39)32-27)29(38)33(28(24)37)17-6-8-18(9-7-17)34(40)41/h3-13,23-24,26,35H,2,14H2,1H3,(H,31,36)(H,32,39)/t23-,24?,26?/m1/s1. The van der Waals surface area contributed by atoms with Crippen LogP contribution in [0.25, 0.3) is 0 Å². The predicted octanol–water partition coefficient (Wildman–Crippen LogP) is 4.26. The molecule has 0 bridgehead atoms. The normalized spacial score (nSPS) is 18.7. The molecule has 4 aromatic rings. The van der Waals surface area contributed by atoms with Crippen LogP contribution >= 0.6 is 23.1 Å². The van der Waals surface area contributed by atoms with Crippen LogP contribution in [0.1, 0.15) is 23.3 Å². The number of ether oxygens (including phenoxy) is 2. The van der Waals surface area contributed by atoms with Gasteiger partial charge in [0.05, 0.1) is 28.2 Å². The molecule has 1 fully saturated rings. The molecule has 3 heterocycles. The highest BCUT2D eigenvalue weighted by atomic mass is 32.2. The van der Waals surface area contributed by atoms with Gasteiger partial charge in [-0.05, 0) is 61.0 Å². The van der Waals surface area contributed by atoms with E-state index in [1.54, 1.807) is 37.3 Å². The summed E-state index contributed by atoms with van der Waals surface area (Å²) in [5.41, 5.74) is 1.11. The van der Waals surface area contributed by atoms with E-state index in [9.17, 15) is 34.4 Å². The molecule has 1 saturated heterocycles. The molecule has 3 N–H and O–H groups in total. The molecule has 3 aromatic carbocycles. The largest absolute Gasteiger partial charge is 0.508 e. The fraction of sp³-hybridized carbons (Fsp3) is 0.200. The second-order valence-corrected chi connectivity index (χ2v) is 12.2. The second-order valence-electron chi connectivity index (χ2n) is 10.1. The fourth-order valence-electron chi connectivity index (χ4n) is 5.34. The van der Waals surface area contributed by atoms with Crippen molar-refractivity contribution in [1.82, 2.24) is 4.98 Å². The number of nitrogens with zero attached hydrogens (tertiary/aromatic N) is 2. The zero-order valence-electron chi connectivity index (χ0n) is 23.4. The molecule has 6 rings (SSSR count). The van der Waals surface area contributed by atoms with Crippen LogP contribution in [0.3, 0.4) is 0 Å². The highest BCUT2D eigenvalue weighted by Gasteiger charge is 2.56. The molecule has 2 aliphatic rings. The van der Waals surface area contributed by atoms with Gasteiger partial charge < -0.3 is 24.9 Å². The van der Waals surface area contributed by atoms with Crippen LogP contribution in [0.15, 0.2) is 76.6 Å². The highest BCUT2D eigenvalue weighted by molar-refractivity contribution is 8.00. The van der Waals surface area contributed by atoms with Gasteiger partial charge in [-0.2, -0.15) is 0 Å². The maximum absolute atomic E-state index is 14.0. The number of thioether (sulfide) groups is 1. The van der Waals surface area contributed by atoms with Crippen molar-refractivity contribution in [3.05, 3.63) is 97.0 Å². The molecule has 0 aliphatic carbocycles. The van der Waals surface area contributed by atoms with Crippen molar-refractivity contribution in [3.8, 4) is 17.2 Å². The minimum absolute atomic E-state index is 0.0651. The van der Waals surface area contributed by atoms with Gasteiger partial charge in [-0.1, -0.05) is 29.2 Å². The number of H-pyrrole nitrogens is 1. The summed E-state index contributed by atoms with van der Waals surface area (Å²) in [6, 6.07) is 16.1. The number of rotatable bonds is 9. The van der Waals surface area contributed by atoms with Gasteiger partial charge in [-0.3, -0.25) is 29.3 Å². The fourth-order valence-corrected chi connectivity index (χ4v) is 7.86. The molecular formula is C30H24N4O9S2. The number of thiazole rings is 1. The average Bonchev–Trinajstić information content (AvgIpc) is 3.51. The number of nitro benzene ring substituents is 1. The second kappa shape index (κ2) is 12.1. The molecule has 15 heteroatoms. The van der Waals surface area contributed by atoms with Crippen molar-refractivity contribution in [3.63, 3.8) is 0 Å². The van der Waals surface area contributed by atoms with Crippen LogP contribution in [-0.4, -0.2) is 51.2 Å². The molecule has 3 amide bonds. The minimum atomic E-state index is -0.881. The molecule has 0 spiro atoms. The summed E-state index contributed by atoms with van der Waals surface area (Å²) in [7, 11) is 0. The lowest BCUT2D eigenvalue weighted by Gasteiger charge is -2.30. The third-order valence-electron chi connectivity index (χ3n) is 7.28. The molecule has 2 aliphatic heterocycles. The molecule has 0 saturated carbocycles. The van der Waals surface area contributed by atoms with Crippen LogP contribution in [-0.2, 0) is 14.4 Å². The Bertz CT molecular complexity index is 1870. The van der Waals surface area contributed by atoms with Crippen molar-refractivity contribution >= 4 is 57.9 Å². The van der Waals surface area contributed by atoms with Crippen molar-refractivity contribution in [1.29, 1.82) is 0 Å². The number of anilines is 2. The third-order valence-corrected chi connectivity index (χ3v) is 9.68. The smallest absolute Gasteiger partial charge is 0.305 e. The number of non-ortho nitro benzene ring substituents is 1. The van der Waals surface area contributed by atoms with E-state index < -0.39 is 39.7 Å². The molecule has 3 atom stereocenters. The Labute approximate surface area is 262 Å². The molecule has 13 nitrogen and oxygen atoms in total. The highest BCUT2D eigenvalue weighted by Crippen LogP contribution is 2.53. The Balaban J connectivity index is 1.30. The van der Waals surface area contributed by atoms with E-state index in [1.807, 2.05) is 0 Å². The number of aromatic nitrogens is 1. The van der Waals surface area contributed by atoms with Crippen molar-refractivity contribution in [2.24, 2.45) is 5.92 Å². The quantitative estimate of drug-likeness (QED) is 0.103. The van der Waals surface area contributed by atoms with Gasteiger partial charge in [0.15, 0.2) is 18.1 Å². The Hall–Kier alpha value is -5.15. The average molecular weight is 649 g/mol. The number of phenols is 1. The van der Waals surface area contributed by atoms with Crippen molar-refractivity contribution in [2.75, 3.05) is 23.4 Å². The van der Waals surface area contributed by atoms with Crippen molar-refractivity contribution < 1.29 is 33.9 Å². The maximum atomic E-state index is 14.0. The summed E-state index contributed by atoms with van der Waals surface area (Å²) < 4.78 is 11.6. The van der Waals surface area contributed by atoms with E-state index in [-0.39, 0.29) is 41.0 Å². The van der Waals surface area contributed by atoms with E-state index >= 15 is 0 Å². The van der Waals surface area contributed by atoms with Crippen LogP contribution < -0.4 is 24.6 Å². The molecule has 0 radical (unpaired) electrons. The Morgan fingerprint density at radius 2 is 1.76 bits per heavy atom. The van der Waals surface area contributed by atoms with E-state index in [0.29, 0.717) is 26.9 Å². The first-order valence-electron chi connectivity index (χ1n) is 13.6. The lowest BCUT2D eigenvalue weighted by Crippen LogP contribution is -2.32. The lowest BCUT2D eigenvalue weighted by molar-refractivity contribution is -0.384. The number of benzene rings is 3. The number of aromatic hydroxyl groups is 1. The van der Waals surface area contributed by atoms with Crippen LogP contribution in [0, 0.1) is 16.0 Å². The number of nitro groups is 1. The van der Waals surface area contributed by atoms with E-state index in [0.717, 1.165) is 28.0 Å². The number of imide groups is 1. The van der Waals surface area contributed by atoms with Gasteiger partial charge in [0.1, 0.15) is 11.0 Å². The first-order valence-corrected chi connectivity index (χ1v) is 15.3. The topological polar surface area (TPSA) is 181 Å². The molecule has 45 heavy (non-hydrogen) atoms. The van der Waals surface area contributed by atoms with Crippen LogP contribution in [0.4, 0.5) is 17.1 Å². The predicted molar refractivity (Wildman–Crippen MR) is 165 cm³/mol. The van der Waals surface area contributed by atoms with Crippen LogP contribution in [0.2, 0.25) is 0 Å². The monoisotopic (exact) mass is 648 g/mol. The number of aromatic amines is 1. The SMILES string of the molecule is CCOc1cc([C@H]2c3sc(=O)[nH]c3SC3C(=O)N(c4ccc([N+](=O)[O-])cc4)C(=O)C32)ccc1OCC(=O)Nc1ccc(O)cc1. The summed E-state index contributed by atoms with van der Waals surface area (Å²) >= 11 is 2.07. The first kappa shape index (κ1) is 29.9. The third kappa shape index (κ3) is 5.74. The van der Waals surface area contributed by atoms with E-state index in [2.05, 4.69) is 10.3 Å². The van der Waals surface area contributed by atoms with Crippen LogP contribution in [0.5, 0.6) is 17.2 Å². The summed E-state index contributed by atoms with van der Waals surface area (Å²) in [6.07, 6.45) is 0. The first-order chi connectivity index (χ1) is 21.6. The van der Waals surface area contributed by atoms with E-state index in [1.165, 1.54) is 36.4 Å². The number of hydrogen-bond donors (Lipinski definition) is 3. The number of amides is 3. The summed E-state index contributed by atoms with van der Waals surface area (Å²) in [5, 5.41) is 22.9. The van der Waals surface area contributed by atoms with Gasteiger partial charge in [-0.15, -0.1) is 0 Å². The maximum Gasteiger partial charge on any atom is 0.305 e. The number of carbonyl (C=O) groups is 3. The lowest BCUT2D eigenvalue weighted by atomic mass is 9.83. The summed E-state index contributed by atoms with van der Waals surface area (Å²) in [4.78, 5) is 67.2. The summed E-state index contributed by atoms with van der Waals surface area (Å²) in [6.45, 7) is 1.70. The summed E-state index contributed by atoms with van der Waals surface area (Å²) in [5.74, 6) is -2.36. The number of phenolic OH excluding ortho intramolecular Hbond substituents is 1. The van der Waals surface area contributed by atoms with Gasteiger partial charge in [0, 0.05) is 28.6 Å². The van der Waals surface area contributed by atoms with Gasteiger partial charge >= 0.3 is 4.87 Å². The van der Waals surface area contributed by atoms with Crippen molar-refractivity contribution in [2.45, 2.75) is 23.1 Å². The number of hydrogen-bond acceptors (Lipinski definition) is 11. The zero-order chi connectivity index (χ0) is 31.8. The van der Waals surface area contributed by atoms with E-state index in [4.69, 9.17) is 9.47 Å². The number of carbonyl (C=O) groups excluding carboxylic acids is 3. The Morgan fingerprint density at radius 3 is 2.44 bits per heavy atom. The minimum Gasteiger partial charge on any atom is -0.508 e.